The minimum Gasteiger partial charge on any atom is -0.294 e. The summed E-state index contributed by atoms with van der Waals surface area (Å²) < 4.78 is 0. The van der Waals surface area contributed by atoms with E-state index in [9.17, 15) is 4.79 Å². The van der Waals surface area contributed by atoms with Gasteiger partial charge in [-0.3, -0.25) is 4.79 Å². The topological polar surface area (TPSA) is 17.1 Å². The minimum atomic E-state index is 0.354. The molecule has 0 radical (unpaired) electrons. The van der Waals surface area contributed by atoms with Gasteiger partial charge in [-0.15, -0.1) is 0 Å². The highest BCUT2D eigenvalue weighted by Gasteiger charge is 2.28. The van der Waals surface area contributed by atoms with Gasteiger partial charge in [0.2, 0.25) is 0 Å². The second kappa shape index (κ2) is 2.81. The standard InChI is InChI=1S/C13H12O/c14-12-8-7-10-6-5-9-3-1-2-4-11(9)13(10)12/h1-4H,5-8H2. The number of fused-ring (bicyclic) bond motifs is 2. The Balaban J connectivity index is 2.23. The van der Waals surface area contributed by atoms with Crippen molar-refractivity contribution in [3.63, 3.8) is 0 Å². The maximum absolute atomic E-state index is 11.7. The molecule has 0 unspecified atom stereocenters. The molecule has 0 fully saturated rings. The molecular formula is C13H12O. The van der Waals surface area contributed by atoms with Crippen LogP contribution in [0.1, 0.15) is 30.4 Å². The summed E-state index contributed by atoms with van der Waals surface area (Å²) in [5.41, 5.74) is 5.00. The molecule has 14 heavy (non-hydrogen) atoms. The van der Waals surface area contributed by atoms with Crippen LogP contribution in [-0.2, 0) is 11.2 Å². The highest BCUT2D eigenvalue weighted by atomic mass is 16.1. The van der Waals surface area contributed by atoms with Gasteiger partial charge in [0.25, 0.3) is 0 Å². The Bertz CT molecular complexity index is 440. The summed E-state index contributed by atoms with van der Waals surface area (Å²) in [6, 6.07) is 8.32. The molecule has 70 valence electrons. The van der Waals surface area contributed by atoms with E-state index in [0.29, 0.717) is 5.78 Å². The van der Waals surface area contributed by atoms with E-state index in [1.54, 1.807) is 0 Å². The normalized spacial score (nSPS) is 19.6. The van der Waals surface area contributed by atoms with E-state index >= 15 is 0 Å². The number of carbonyl (C=O) groups excluding carboxylic acids is 1. The van der Waals surface area contributed by atoms with Crippen LogP contribution in [0.5, 0.6) is 0 Å². The molecular weight excluding hydrogens is 172 g/mol. The molecule has 3 rings (SSSR count). The molecule has 2 aliphatic rings. The van der Waals surface area contributed by atoms with Crippen molar-refractivity contribution in [1.29, 1.82) is 0 Å². The van der Waals surface area contributed by atoms with Crippen LogP contribution in [0.2, 0.25) is 0 Å². The predicted octanol–water partition coefficient (Wildman–Crippen LogP) is 2.75. The molecule has 0 amide bonds. The van der Waals surface area contributed by atoms with Crippen molar-refractivity contribution < 1.29 is 4.79 Å². The summed E-state index contributed by atoms with van der Waals surface area (Å²) in [6.45, 7) is 0. The van der Waals surface area contributed by atoms with Crippen molar-refractivity contribution in [2.75, 3.05) is 0 Å². The first-order valence-corrected chi connectivity index (χ1v) is 5.20. The summed E-state index contributed by atoms with van der Waals surface area (Å²) >= 11 is 0. The van der Waals surface area contributed by atoms with E-state index in [4.69, 9.17) is 0 Å². The van der Waals surface area contributed by atoms with Gasteiger partial charge in [0.05, 0.1) is 0 Å². The molecule has 2 aliphatic carbocycles. The number of carbonyl (C=O) groups is 1. The van der Waals surface area contributed by atoms with Crippen LogP contribution in [0.25, 0.3) is 5.57 Å². The van der Waals surface area contributed by atoms with Gasteiger partial charge in [0.1, 0.15) is 0 Å². The van der Waals surface area contributed by atoms with Crippen molar-refractivity contribution >= 4 is 11.4 Å². The Morgan fingerprint density at radius 3 is 2.64 bits per heavy atom. The summed E-state index contributed by atoms with van der Waals surface area (Å²) in [5, 5.41) is 0. The van der Waals surface area contributed by atoms with Gasteiger partial charge in [-0.05, 0) is 30.4 Å². The molecule has 0 atom stereocenters. The lowest BCUT2D eigenvalue weighted by Gasteiger charge is -2.17. The summed E-state index contributed by atoms with van der Waals surface area (Å²) in [4.78, 5) is 11.7. The highest BCUT2D eigenvalue weighted by Crippen LogP contribution is 2.39. The van der Waals surface area contributed by atoms with Gasteiger partial charge in [-0.1, -0.05) is 29.8 Å². The number of ketones is 1. The van der Waals surface area contributed by atoms with Gasteiger partial charge >= 0.3 is 0 Å². The van der Waals surface area contributed by atoms with E-state index in [2.05, 4.69) is 18.2 Å². The van der Waals surface area contributed by atoms with Crippen LogP contribution in [0.15, 0.2) is 29.8 Å². The smallest absolute Gasteiger partial charge is 0.163 e. The van der Waals surface area contributed by atoms with Crippen LogP contribution < -0.4 is 0 Å². The van der Waals surface area contributed by atoms with E-state index < -0.39 is 0 Å². The first kappa shape index (κ1) is 7.98. The monoisotopic (exact) mass is 184 g/mol. The number of Topliss-reactive ketones (excluding diaryl/α,β-unsaturated/α-hetero) is 1. The third kappa shape index (κ3) is 0.985. The number of aryl methyl sites for hydroxylation is 1. The SMILES string of the molecule is O=C1CCC2=C1c1ccccc1CC2. The van der Waals surface area contributed by atoms with E-state index in [0.717, 1.165) is 31.3 Å². The predicted molar refractivity (Wildman–Crippen MR) is 55.9 cm³/mol. The number of allylic oxidation sites excluding steroid dienone is 2. The zero-order valence-corrected chi connectivity index (χ0v) is 8.05. The quantitative estimate of drug-likeness (QED) is 0.606. The zero-order chi connectivity index (χ0) is 9.54. The molecule has 1 aromatic carbocycles. The lowest BCUT2D eigenvalue weighted by atomic mass is 9.87. The molecule has 0 spiro atoms. The fraction of sp³-hybridized carbons (Fsp3) is 0.308. The van der Waals surface area contributed by atoms with Crippen molar-refractivity contribution in [2.24, 2.45) is 0 Å². The molecule has 0 heterocycles. The van der Waals surface area contributed by atoms with Crippen molar-refractivity contribution in [1.82, 2.24) is 0 Å². The molecule has 0 bridgehead atoms. The van der Waals surface area contributed by atoms with Gasteiger partial charge in [0, 0.05) is 12.0 Å². The van der Waals surface area contributed by atoms with Crippen LogP contribution in [0.3, 0.4) is 0 Å². The van der Waals surface area contributed by atoms with Crippen molar-refractivity contribution in [3.8, 4) is 0 Å². The number of hydrogen-bond acceptors (Lipinski definition) is 1. The fourth-order valence-electron chi connectivity index (χ4n) is 2.57. The second-order valence-electron chi connectivity index (χ2n) is 4.06. The molecule has 1 aromatic rings. The fourth-order valence-corrected chi connectivity index (χ4v) is 2.57. The average molecular weight is 184 g/mol. The Kier molecular flexibility index (Phi) is 1.60. The van der Waals surface area contributed by atoms with Crippen LogP contribution in [-0.4, -0.2) is 5.78 Å². The van der Waals surface area contributed by atoms with Gasteiger partial charge < -0.3 is 0 Å². The van der Waals surface area contributed by atoms with Crippen LogP contribution >= 0.6 is 0 Å². The minimum absolute atomic E-state index is 0.354. The highest BCUT2D eigenvalue weighted by molar-refractivity contribution is 6.24. The summed E-state index contributed by atoms with van der Waals surface area (Å²) in [5.74, 6) is 0.354. The van der Waals surface area contributed by atoms with E-state index in [1.807, 2.05) is 6.07 Å². The Hall–Kier alpha value is -1.37. The summed E-state index contributed by atoms with van der Waals surface area (Å²) in [7, 11) is 0. The molecule has 1 nitrogen and oxygen atoms in total. The Morgan fingerprint density at radius 1 is 0.929 bits per heavy atom. The maximum atomic E-state index is 11.7. The maximum Gasteiger partial charge on any atom is 0.163 e. The largest absolute Gasteiger partial charge is 0.294 e. The molecule has 0 N–H and O–H groups in total. The molecule has 0 aromatic heterocycles. The van der Waals surface area contributed by atoms with Gasteiger partial charge in [-0.25, -0.2) is 0 Å². The molecule has 1 heteroatoms. The van der Waals surface area contributed by atoms with E-state index in [1.165, 1.54) is 16.7 Å². The number of benzene rings is 1. The first-order valence-electron chi connectivity index (χ1n) is 5.20. The molecule has 0 saturated carbocycles. The number of hydrogen-bond donors (Lipinski definition) is 0. The molecule has 0 saturated heterocycles. The van der Waals surface area contributed by atoms with Crippen LogP contribution in [0.4, 0.5) is 0 Å². The molecule has 0 aliphatic heterocycles. The average Bonchev–Trinajstić information content (AvgIpc) is 2.61. The van der Waals surface area contributed by atoms with Gasteiger partial charge in [0.15, 0.2) is 5.78 Å². The third-order valence-corrected chi connectivity index (χ3v) is 3.27. The van der Waals surface area contributed by atoms with Crippen LogP contribution in [0, 0.1) is 0 Å². The number of rotatable bonds is 0. The van der Waals surface area contributed by atoms with Crippen molar-refractivity contribution in [3.05, 3.63) is 41.0 Å². The Morgan fingerprint density at radius 2 is 1.71 bits per heavy atom. The van der Waals surface area contributed by atoms with Crippen molar-refractivity contribution in [2.45, 2.75) is 25.7 Å². The van der Waals surface area contributed by atoms with E-state index in [-0.39, 0.29) is 0 Å². The lowest BCUT2D eigenvalue weighted by molar-refractivity contribution is -0.113. The first-order chi connectivity index (χ1) is 6.86. The van der Waals surface area contributed by atoms with Gasteiger partial charge in [-0.2, -0.15) is 0 Å². The lowest BCUT2D eigenvalue weighted by Crippen LogP contribution is -2.05. The summed E-state index contributed by atoms with van der Waals surface area (Å²) in [6.07, 6.45) is 3.95. The third-order valence-electron chi connectivity index (χ3n) is 3.27. The second-order valence-corrected chi connectivity index (χ2v) is 4.06. The zero-order valence-electron chi connectivity index (χ0n) is 8.05. The Labute approximate surface area is 83.4 Å².